The number of halogens is 1. The van der Waals surface area contributed by atoms with E-state index in [9.17, 15) is 9.18 Å². The quantitative estimate of drug-likeness (QED) is 0.270. The normalized spacial score (nSPS) is 16.4. The van der Waals surface area contributed by atoms with Crippen LogP contribution in [0.5, 0.6) is 0 Å². The molecular formula is C32H38FN5O2. The molecule has 4 N–H and O–H groups in total. The lowest BCUT2D eigenvalue weighted by Crippen LogP contribution is -2.42. The molecule has 2 aromatic carbocycles. The number of nitrogen functional groups attached to an aromatic ring is 1. The van der Waals surface area contributed by atoms with Gasteiger partial charge in [-0.2, -0.15) is 0 Å². The van der Waals surface area contributed by atoms with E-state index in [0.29, 0.717) is 43.9 Å². The average Bonchev–Trinajstić information content (AvgIpc) is 3.34. The number of amides is 1. The summed E-state index contributed by atoms with van der Waals surface area (Å²) in [6.07, 6.45) is 5.35. The van der Waals surface area contributed by atoms with Crippen LogP contribution < -0.4 is 11.5 Å². The Morgan fingerprint density at radius 2 is 1.95 bits per heavy atom. The van der Waals surface area contributed by atoms with Gasteiger partial charge in [0.1, 0.15) is 11.6 Å². The highest BCUT2D eigenvalue weighted by atomic mass is 19.1. The third-order valence-corrected chi connectivity index (χ3v) is 7.83. The number of nitrogens with two attached hydrogens (primary N) is 2. The first kappa shape index (κ1) is 27.8. The Labute approximate surface area is 234 Å². The second kappa shape index (κ2) is 12.6. The Kier molecular flexibility index (Phi) is 8.77. The Morgan fingerprint density at radius 3 is 2.70 bits per heavy atom. The van der Waals surface area contributed by atoms with E-state index in [0.717, 1.165) is 53.6 Å². The number of carbonyl (C=O) groups is 1. The zero-order chi connectivity index (χ0) is 28.1. The average molecular weight is 544 g/mol. The highest BCUT2D eigenvalue weighted by Crippen LogP contribution is 2.33. The summed E-state index contributed by atoms with van der Waals surface area (Å²) in [4.78, 5) is 19.4. The zero-order valence-electron chi connectivity index (χ0n) is 23.1. The van der Waals surface area contributed by atoms with Crippen molar-refractivity contribution in [3.63, 3.8) is 0 Å². The molecule has 1 aliphatic rings. The van der Waals surface area contributed by atoms with E-state index >= 15 is 0 Å². The zero-order valence-corrected chi connectivity index (χ0v) is 23.1. The first-order valence-electron chi connectivity index (χ1n) is 14.0. The molecule has 0 aliphatic carbocycles. The lowest BCUT2D eigenvalue weighted by atomic mass is 9.93. The third kappa shape index (κ3) is 6.35. The van der Waals surface area contributed by atoms with Crippen LogP contribution in [0.1, 0.15) is 42.9 Å². The van der Waals surface area contributed by atoms with Gasteiger partial charge in [0.2, 0.25) is 5.91 Å². The minimum absolute atomic E-state index is 0.0787. The van der Waals surface area contributed by atoms with Crippen molar-refractivity contribution < 1.29 is 13.9 Å². The number of hydrogen-bond donors (Lipinski definition) is 2. The molecule has 0 radical (unpaired) electrons. The minimum atomic E-state index is -0.272. The van der Waals surface area contributed by atoms with Crippen LogP contribution in [0.4, 0.5) is 10.2 Å². The summed E-state index contributed by atoms with van der Waals surface area (Å²) in [5.41, 5.74) is 17.0. The SMILES string of the molecule is COCCCn1c(C2CCCN(C(=O)C[C@H](N)Cc3ccc(-c4ccc(N)nc4)cc3)C2)cc2cccc(F)c21. The van der Waals surface area contributed by atoms with Crippen molar-refractivity contribution in [2.45, 2.75) is 50.6 Å². The number of anilines is 1. The maximum Gasteiger partial charge on any atom is 0.224 e. The van der Waals surface area contributed by atoms with Crippen molar-refractivity contribution in [2.75, 3.05) is 32.5 Å². The molecule has 1 unspecified atom stereocenters. The number of piperidine rings is 1. The number of likely N-dealkylation sites (tertiary alicyclic amines) is 1. The largest absolute Gasteiger partial charge is 0.385 e. The number of ether oxygens (including phenoxy) is 1. The van der Waals surface area contributed by atoms with E-state index in [1.54, 1.807) is 25.4 Å². The van der Waals surface area contributed by atoms with Gasteiger partial charge in [-0.25, -0.2) is 9.37 Å². The van der Waals surface area contributed by atoms with Crippen LogP contribution in [0, 0.1) is 5.82 Å². The van der Waals surface area contributed by atoms with Gasteiger partial charge in [-0.1, -0.05) is 36.4 Å². The fourth-order valence-electron chi connectivity index (χ4n) is 5.83. The lowest BCUT2D eigenvalue weighted by molar-refractivity contribution is -0.132. The molecule has 7 nitrogen and oxygen atoms in total. The van der Waals surface area contributed by atoms with E-state index in [-0.39, 0.29) is 23.7 Å². The smallest absolute Gasteiger partial charge is 0.224 e. The number of rotatable bonds is 10. The lowest BCUT2D eigenvalue weighted by Gasteiger charge is -2.34. The molecule has 0 spiro atoms. The van der Waals surface area contributed by atoms with Crippen LogP contribution >= 0.6 is 0 Å². The summed E-state index contributed by atoms with van der Waals surface area (Å²) in [6.45, 7) is 2.64. The summed E-state index contributed by atoms with van der Waals surface area (Å²) in [5, 5.41) is 0.900. The molecule has 1 fully saturated rings. The molecule has 40 heavy (non-hydrogen) atoms. The Bertz CT molecular complexity index is 1430. The predicted octanol–water partition coefficient (Wildman–Crippen LogP) is 5.13. The Morgan fingerprint density at radius 1 is 1.15 bits per heavy atom. The van der Waals surface area contributed by atoms with E-state index < -0.39 is 0 Å². The molecule has 2 aromatic heterocycles. The maximum atomic E-state index is 14.8. The summed E-state index contributed by atoms with van der Waals surface area (Å²) in [5.74, 6) is 0.511. The number of carbonyl (C=O) groups excluding carboxylic acids is 1. The number of methoxy groups -OCH3 is 1. The topological polar surface area (TPSA) is 99.4 Å². The van der Waals surface area contributed by atoms with Gasteiger partial charge < -0.3 is 25.7 Å². The third-order valence-electron chi connectivity index (χ3n) is 7.83. The van der Waals surface area contributed by atoms with Crippen molar-refractivity contribution in [1.82, 2.24) is 14.5 Å². The van der Waals surface area contributed by atoms with Crippen molar-refractivity contribution >= 4 is 22.6 Å². The maximum absolute atomic E-state index is 14.8. The number of pyridine rings is 1. The first-order valence-corrected chi connectivity index (χ1v) is 14.0. The Hall–Kier alpha value is -3.75. The van der Waals surface area contributed by atoms with E-state index in [4.69, 9.17) is 16.2 Å². The molecule has 1 saturated heterocycles. The van der Waals surface area contributed by atoms with Crippen molar-refractivity contribution in [3.05, 3.63) is 83.9 Å². The number of benzene rings is 2. The molecule has 8 heteroatoms. The van der Waals surface area contributed by atoms with Crippen LogP contribution in [0.2, 0.25) is 0 Å². The molecule has 210 valence electrons. The molecule has 4 aromatic rings. The highest BCUT2D eigenvalue weighted by molar-refractivity contribution is 5.82. The van der Waals surface area contributed by atoms with Gasteiger partial charge in [0.15, 0.2) is 0 Å². The first-order chi connectivity index (χ1) is 19.4. The van der Waals surface area contributed by atoms with Gasteiger partial charge in [-0.05, 0) is 61.1 Å². The van der Waals surface area contributed by atoms with Gasteiger partial charge in [-0.15, -0.1) is 0 Å². The molecule has 2 atom stereocenters. The van der Waals surface area contributed by atoms with E-state index in [1.807, 2.05) is 29.2 Å². The molecule has 5 rings (SSSR count). The Balaban J connectivity index is 1.22. The molecule has 0 saturated carbocycles. The summed E-state index contributed by atoms with van der Waals surface area (Å²) >= 11 is 0. The van der Waals surface area contributed by atoms with Crippen LogP contribution in [-0.2, 0) is 22.5 Å². The number of nitrogens with zero attached hydrogens (tertiary/aromatic N) is 3. The van der Waals surface area contributed by atoms with Gasteiger partial charge >= 0.3 is 0 Å². The van der Waals surface area contributed by atoms with Crippen molar-refractivity contribution in [3.8, 4) is 11.1 Å². The summed E-state index contributed by atoms with van der Waals surface area (Å²) in [7, 11) is 1.68. The van der Waals surface area contributed by atoms with E-state index in [1.165, 1.54) is 6.07 Å². The number of fused-ring (bicyclic) bond motifs is 1. The second-order valence-corrected chi connectivity index (χ2v) is 10.8. The fraction of sp³-hybridized carbons (Fsp3) is 0.375. The number of aryl methyl sites for hydroxylation is 1. The summed E-state index contributed by atoms with van der Waals surface area (Å²) < 4.78 is 22.2. The fourth-order valence-corrected chi connectivity index (χ4v) is 5.83. The second-order valence-electron chi connectivity index (χ2n) is 10.8. The molecule has 1 aliphatic heterocycles. The van der Waals surface area contributed by atoms with E-state index in [2.05, 4.69) is 27.8 Å². The van der Waals surface area contributed by atoms with Gasteiger partial charge in [0.25, 0.3) is 0 Å². The number of hydrogen-bond acceptors (Lipinski definition) is 5. The monoisotopic (exact) mass is 543 g/mol. The van der Waals surface area contributed by atoms with Gasteiger partial charge in [-0.3, -0.25) is 4.79 Å². The minimum Gasteiger partial charge on any atom is -0.385 e. The number of para-hydroxylation sites is 1. The van der Waals surface area contributed by atoms with Crippen LogP contribution in [-0.4, -0.2) is 53.2 Å². The van der Waals surface area contributed by atoms with Crippen LogP contribution in [0.25, 0.3) is 22.0 Å². The highest BCUT2D eigenvalue weighted by Gasteiger charge is 2.28. The number of aromatic nitrogens is 2. The molecule has 1 amide bonds. The van der Waals surface area contributed by atoms with Crippen LogP contribution in [0.3, 0.4) is 0 Å². The molecular weight excluding hydrogens is 505 g/mol. The van der Waals surface area contributed by atoms with Crippen molar-refractivity contribution in [1.29, 1.82) is 0 Å². The van der Waals surface area contributed by atoms with Crippen LogP contribution in [0.15, 0.2) is 66.9 Å². The van der Waals surface area contributed by atoms with Gasteiger partial charge in [0, 0.05) is 74.6 Å². The standard InChI is InChI=1S/C32H38FN5O2/c1-40-16-4-15-38-29(18-24-5-2-7-28(33)32(24)38)26-6-3-14-37(21-26)31(39)19-27(34)17-22-8-10-23(11-9-22)25-12-13-30(35)36-20-25/h2,5,7-13,18,20,26-27H,3-4,6,14-17,19,21,34H2,1H3,(H2,35,36)/t26?,27-/m1/s1. The predicted molar refractivity (Wildman–Crippen MR) is 157 cm³/mol. The molecule has 3 heterocycles. The van der Waals surface area contributed by atoms with Gasteiger partial charge in [0.05, 0.1) is 5.52 Å². The van der Waals surface area contributed by atoms with Crippen molar-refractivity contribution in [2.24, 2.45) is 5.73 Å². The molecule has 0 bridgehead atoms. The summed E-state index contributed by atoms with van der Waals surface area (Å²) in [6, 6.07) is 19.0.